The van der Waals surface area contributed by atoms with E-state index in [1.54, 1.807) is 14.2 Å². The van der Waals surface area contributed by atoms with Crippen LogP contribution in [0.3, 0.4) is 0 Å². The number of ether oxygens (including phenoxy) is 1. The second-order valence-corrected chi connectivity index (χ2v) is 7.16. The van der Waals surface area contributed by atoms with Crippen LogP contribution in [0, 0.1) is 0 Å². The molecule has 1 aliphatic heterocycles. The lowest BCUT2D eigenvalue weighted by atomic mass is 10.2. The molecule has 2 N–H and O–H groups in total. The van der Waals surface area contributed by atoms with E-state index in [1.165, 1.54) is 18.6 Å². The Bertz CT molecular complexity index is 490. The summed E-state index contributed by atoms with van der Waals surface area (Å²) in [6.45, 7) is 1.68. The average molecular weight is 372 g/mol. The third kappa shape index (κ3) is 5.11. The smallest absolute Gasteiger partial charge is 0.191 e. The van der Waals surface area contributed by atoms with Crippen molar-refractivity contribution in [2.45, 2.75) is 24.6 Å². The highest BCUT2D eigenvalue weighted by molar-refractivity contribution is 9.10. The Morgan fingerprint density at radius 1 is 1.48 bits per heavy atom. The lowest BCUT2D eigenvalue weighted by Crippen LogP contribution is -2.39. The van der Waals surface area contributed by atoms with Gasteiger partial charge in [-0.3, -0.25) is 4.99 Å². The predicted octanol–water partition coefficient (Wildman–Crippen LogP) is 3.02. The molecule has 116 valence electrons. The van der Waals surface area contributed by atoms with Crippen LogP contribution in [-0.2, 0) is 6.54 Å². The summed E-state index contributed by atoms with van der Waals surface area (Å²) in [4.78, 5) is 4.27. The zero-order chi connectivity index (χ0) is 15.1. The van der Waals surface area contributed by atoms with Gasteiger partial charge in [0.25, 0.3) is 0 Å². The van der Waals surface area contributed by atoms with Crippen molar-refractivity contribution in [2.75, 3.05) is 26.5 Å². The van der Waals surface area contributed by atoms with E-state index in [4.69, 9.17) is 4.74 Å². The van der Waals surface area contributed by atoms with E-state index in [9.17, 15) is 0 Å². The van der Waals surface area contributed by atoms with Gasteiger partial charge in [0.05, 0.1) is 7.11 Å². The molecule has 0 amide bonds. The number of rotatable bonds is 5. The van der Waals surface area contributed by atoms with Crippen LogP contribution in [0.4, 0.5) is 0 Å². The summed E-state index contributed by atoms with van der Waals surface area (Å²) >= 11 is 5.61. The Hall–Kier alpha value is -0.880. The molecule has 1 aliphatic rings. The third-order valence-electron chi connectivity index (χ3n) is 3.44. The Morgan fingerprint density at radius 3 is 3.00 bits per heavy atom. The summed E-state index contributed by atoms with van der Waals surface area (Å²) in [7, 11) is 3.48. The highest BCUT2D eigenvalue weighted by atomic mass is 79.9. The fraction of sp³-hybridized carbons (Fsp3) is 0.533. The standard InChI is InChI=1S/C15H22BrN3OS/c1-17-15(19-10-13-4-3-7-21-13)18-9-11-8-12(20-2)5-6-14(11)16/h5-6,8,13H,3-4,7,9-10H2,1-2H3,(H2,17,18,19). The van der Waals surface area contributed by atoms with Crippen molar-refractivity contribution < 1.29 is 4.74 Å². The maximum absolute atomic E-state index is 5.26. The highest BCUT2D eigenvalue weighted by Gasteiger charge is 2.15. The second-order valence-electron chi connectivity index (χ2n) is 4.90. The Balaban J connectivity index is 1.84. The molecule has 1 saturated heterocycles. The number of hydrogen-bond acceptors (Lipinski definition) is 3. The molecule has 4 nitrogen and oxygen atoms in total. The minimum atomic E-state index is 0.704. The number of methoxy groups -OCH3 is 1. The zero-order valence-electron chi connectivity index (χ0n) is 12.5. The number of nitrogens with zero attached hydrogens (tertiary/aromatic N) is 1. The van der Waals surface area contributed by atoms with Crippen molar-refractivity contribution in [2.24, 2.45) is 4.99 Å². The quantitative estimate of drug-likeness (QED) is 0.616. The van der Waals surface area contributed by atoms with Gasteiger partial charge in [-0.15, -0.1) is 0 Å². The molecular weight excluding hydrogens is 350 g/mol. The molecule has 1 atom stereocenters. The first-order valence-electron chi connectivity index (χ1n) is 7.11. The Labute approximate surface area is 139 Å². The maximum atomic E-state index is 5.26. The molecule has 1 unspecified atom stereocenters. The molecule has 1 aromatic rings. The zero-order valence-corrected chi connectivity index (χ0v) is 14.9. The van der Waals surface area contributed by atoms with Crippen LogP contribution >= 0.6 is 27.7 Å². The molecule has 1 heterocycles. The summed E-state index contributed by atoms with van der Waals surface area (Å²) in [6.07, 6.45) is 2.63. The van der Waals surface area contributed by atoms with Crippen LogP contribution in [-0.4, -0.2) is 37.7 Å². The maximum Gasteiger partial charge on any atom is 0.191 e. The van der Waals surface area contributed by atoms with Crippen molar-refractivity contribution in [1.29, 1.82) is 0 Å². The van der Waals surface area contributed by atoms with E-state index >= 15 is 0 Å². The van der Waals surface area contributed by atoms with Crippen molar-refractivity contribution in [3.8, 4) is 5.75 Å². The molecule has 0 saturated carbocycles. The average Bonchev–Trinajstić information content (AvgIpc) is 3.02. The van der Waals surface area contributed by atoms with E-state index < -0.39 is 0 Å². The summed E-state index contributed by atoms with van der Waals surface area (Å²) in [5.74, 6) is 2.99. The van der Waals surface area contributed by atoms with E-state index in [-0.39, 0.29) is 0 Å². The number of nitrogens with one attached hydrogen (secondary N) is 2. The van der Waals surface area contributed by atoms with Crippen molar-refractivity contribution in [3.05, 3.63) is 28.2 Å². The molecule has 1 fully saturated rings. The first-order valence-corrected chi connectivity index (χ1v) is 8.95. The Morgan fingerprint density at radius 2 is 2.33 bits per heavy atom. The van der Waals surface area contributed by atoms with Crippen molar-refractivity contribution in [3.63, 3.8) is 0 Å². The van der Waals surface area contributed by atoms with Crippen LogP contribution in [0.15, 0.2) is 27.7 Å². The summed E-state index contributed by atoms with van der Waals surface area (Å²) < 4.78 is 6.33. The van der Waals surface area contributed by atoms with Crippen molar-refractivity contribution in [1.82, 2.24) is 10.6 Å². The van der Waals surface area contributed by atoms with Gasteiger partial charge in [0.1, 0.15) is 5.75 Å². The number of thioether (sulfide) groups is 1. The fourth-order valence-electron chi connectivity index (χ4n) is 2.23. The lowest BCUT2D eigenvalue weighted by molar-refractivity contribution is 0.414. The van der Waals surface area contributed by atoms with Gasteiger partial charge in [-0.25, -0.2) is 0 Å². The first kappa shape index (κ1) is 16.5. The van der Waals surface area contributed by atoms with E-state index in [0.29, 0.717) is 11.8 Å². The normalized spacial score (nSPS) is 18.6. The van der Waals surface area contributed by atoms with Crippen LogP contribution in [0.25, 0.3) is 0 Å². The topological polar surface area (TPSA) is 45.7 Å². The number of aliphatic imine (C=N–C) groups is 1. The lowest BCUT2D eigenvalue weighted by Gasteiger charge is -2.15. The van der Waals surface area contributed by atoms with Crippen LogP contribution < -0.4 is 15.4 Å². The molecule has 6 heteroatoms. The predicted molar refractivity (Wildman–Crippen MR) is 94.4 cm³/mol. The summed E-state index contributed by atoms with van der Waals surface area (Å²) in [5, 5.41) is 7.46. The number of hydrogen-bond donors (Lipinski definition) is 2. The number of benzene rings is 1. The van der Waals surface area contributed by atoms with E-state index in [1.807, 2.05) is 30.0 Å². The molecule has 0 spiro atoms. The van der Waals surface area contributed by atoms with Crippen LogP contribution in [0.5, 0.6) is 5.75 Å². The SMILES string of the molecule is CN=C(NCc1cc(OC)ccc1Br)NCC1CCCS1. The molecule has 2 rings (SSSR count). The van der Waals surface area contributed by atoms with Crippen LogP contribution in [0.2, 0.25) is 0 Å². The summed E-state index contributed by atoms with van der Waals surface area (Å²) in [5.41, 5.74) is 1.15. The molecule has 21 heavy (non-hydrogen) atoms. The van der Waals surface area contributed by atoms with Gasteiger partial charge in [-0.2, -0.15) is 11.8 Å². The number of guanidine groups is 1. The minimum absolute atomic E-state index is 0.704. The summed E-state index contributed by atoms with van der Waals surface area (Å²) in [6, 6.07) is 5.97. The van der Waals surface area contributed by atoms with Gasteiger partial charge >= 0.3 is 0 Å². The Kier molecular flexibility index (Phi) is 6.70. The number of halogens is 1. The van der Waals surface area contributed by atoms with Crippen LogP contribution in [0.1, 0.15) is 18.4 Å². The molecule has 0 aromatic heterocycles. The van der Waals surface area contributed by atoms with Gasteiger partial charge in [-0.1, -0.05) is 15.9 Å². The first-order chi connectivity index (χ1) is 10.2. The molecule has 0 radical (unpaired) electrons. The molecular formula is C15H22BrN3OS. The van der Waals surface area contributed by atoms with Crippen molar-refractivity contribution >= 4 is 33.7 Å². The largest absolute Gasteiger partial charge is 0.497 e. The van der Waals surface area contributed by atoms with E-state index in [2.05, 4.69) is 31.6 Å². The molecule has 0 bridgehead atoms. The van der Waals surface area contributed by atoms with Gasteiger partial charge in [-0.05, 0) is 42.4 Å². The fourth-order valence-corrected chi connectivity index (χ4v) is 3.82. The van der Waals surface area contributed by atoms with Gasteiger partial charge in [0.2, 0.25) is 0 Å². The van der Waals surface area contributed by atoms with E-state index in [0.717, 1.165) is 28.3 Å². The third-order valence-corrected chi connectivity index (χ3v) is 5.62. The van der Waals surface area contributed by atoms with Gasteiger partial charge in [0.15, 0.2) is 5.96 Å². The van der Waals surface area contributed by atoms with Gasteiger partial charge in [0, 0.05) is 29.9 Å². The highest BCUT2D eigenvalue weighted by Crippen LogP contribution is 2.25. The molecule has 0 aliphatic carbocycles. The second kappa shape index (κ2) is 8.54. The minimum Gasteiger partial charge on any atom is -0.497 e. The monoisotopic (exact) mass is 371 g/mol. The van der Waals surface area contributed by atoms with Gasteiger partial charge < -0.3 is 15.4 Å². The molecule has 1 aromatic carbocycles.